The summed E-state index contributed by atoms with van der Waals surface area (Å²) >= 11 is 0. The van der Waals surface area contributed by atoms with Crippen LogP contribution in [0.4, 0.5) is 5.82 Å². The van der Waals surface area contributed by atoms with Gasteiger partial charge in [-0.05, 0) is 38.1 Å². The molecule has 1 aromatic rings. The summed E-state index contributed by atoms with van der Waals surface area (Å²) in [6, 6.07) is 3.41. The molecule has 5 heteroatoms. The number of nitrogens with zero attached hydrogens (tertiary/aromatic N) is 2. The number of pyridine rings is 1. The minimum Gasteiger partial charge on any atom is -0.384 e. The van der Waals surface area contributed by atoms with Gasteiger partial charge in [0.25, 0.3) is 5.91 Å². The smallest absolute Gasteiger partial charge is 0.251 e. The maximum atomic E-state index is 12.2. The molecule has 1 aromatic heterocycles. The predicted molar refractivity (Wildman–Crippen MR) is 82.7 cm³/mol. The van der Waals surface area contributed by atoms with Gasteiger partial charge < -0.3 is 16.0 Å². The molecular formula is C15H26N4O. The Bertz CT molecular complexity index is 469. The van der Waals surface area contributed by atoms with Crippen molar-refractivity contribution >= 4 is 11.7 Å². The number of amides is 1. The van der Waals surface area contributed by atoms with Crippen LogP contribution in [0.5, 0.6) is 0 Å². The van der Waals surface area contributed by atoms with Gasteiger partial charge in [0.1, 0.15) is 5.82 Å². The summed E-state index contributed by atoms with van der Waals surface area (Å²) in [5.41, 5.74) is 7.16. The second-order valence-corrected chi connectivity index (χ2v) is 6.21. The quantitative estimate of drug-likeness (QED) is 0.828. The fourth-order valence-electron chi connectivity index (χ4n) is 2.26. The fourth-order valence-corrected chi connectivity index (χ4v) is 2.26. The third-order valence-electron chi connectivity index (χ3n) is 2.99. The highest BCUT2D eigenvalue weighted by atomic mass is 16.1. The van der Waals surface area contributed by atoms with E-state index in [1.807, 2.05) is 21.0 Å². The van der Waals surface area contributed by atoms with Gasteiger partial charge in [-0.3, -0.25) is 4.79 Å². The normalized spacial score (nSPS) is 11.7. The molecule has 0 radical (unpaired) electrons. The number of hydrogen-bond acceptors (Lipinski definition) is 4. The largest absolute Gasteiger partial charge is 0.384 e. The van der Waals surface area contributed by atoms with Crippen molar-refractivity contribution in [2.75, 3.05) is 32.9 Å². The zero-order chi connectivity index (χ0) is 15.3. The molecule has 0 fully saturated rings. The van der Waals surface area contributed by atoms with Crippen molar-refractivity contribution < 1.29 is 4.79 Å². The summed E-state index contributed by atoms with van der Waals surface area (Å²) in [6.45, 7) is 7.78. The third-order valence-corrected chi connectivity index (χ3v) is 2.99. The number of nitrogen functional groups attached to an aromatic ring is 1. The molecule has 0 saturated heterocycles. The lowest BCUT2D eigenvalue weighted by Gasteiger charge is -2.28. The molecule has 112 valence electrons. The second-order valence-electron chi connectivity index (χ2n) is 6.21. The van der Waals surface area contributed by atoms with E-state index in [-0.39, 0.29) is 11.3 Å². The van der Waals surface area contributed by atoms with Gasteiger partial charge in [-0.25, -0.2) is 4.98 Å². The molecular weight excluding hydrogens is 252 g/mol. The third kappa shape index (κ3) is 5.17. The summed E-state index contributed by atoms with van der Waals surface area (Å²) in [5, 5.41) is 2.97. The highest BCUT2D eigenvalue weighted by molar-refractivity contribution is 5.94. The summed E-state index contributed by atoms with van der Waals surface area (Å²) in [4.78, 5) is 18.5. The Balaban J connectivity index is 2.70. The molecule has 0 atom stereocenters. The van der Waals surface area contributed by atoms with E-state index < -0.39 is 0 Å². The zero-order valence-electron chi connectivity index (χ0n) is 13.2. The first-order chi connectivity index (χ1) is 9.23. The summed E-state index contributed by atoms with van der Waals surface area (Å²) in [6.07, 6.45) is 0.761. The Hall–Kier alpha value is -1.62. The molecule has 0 unspecified atom stereocenters. The molecule has 3 N–H and O–H groups in total. The van der Waals surface area contributed by atoms with E-state index >= 15 is 0 Å². The molecule has 0 aromatic carbocycles. The predicted octanol–water partition coefficient (Wildman–Crippen LogP) is 1.54. The van der Waals surface area contributed by atoms with Crippen molar-refractivity contribution in [2.45, 2.75) is 27.2 Å². The van der Waals surface area contributed by atoms with Crippen LogP contribution in [0.15, 0.2) is 12.1 Å². The molecule has 0 bridgehead atoms. The molecule has 20 heavy (non-hydrogen) atoms. The van der Waals surface area contributed by atoms with Crippen molar-refractivity contribution in [3.63, 3.8) is 0 Å². The van der Waals surface area contributed by atoms with Gasteiger partial charge >= 0.3 is 0 Å². The van der Waals surface area contributed by atoms with Gasteiger partial charge in [-0.15, -0.1) is 0 Å². The number of aryl methyl sites for hydroxylation is 1. The lowest BCUT2D eigenvalue weighted by atomic mass is 9.93. The summed E-state index contributed by atoms with van der Waals surface area (Å²) in [7, 11) is 4.06. The number of carbonyl (C=O) groups excluding carboxylic acids is 1. The van der Waals surface area contributed by atoms with E-state index in [0.29, 0.717) is 17.9 Å². The van der Waals surface area contributed by atoms with Crippen LogP contribution in [0.25, 0.3) is 0 Å². The maximum Gasteiger partial charge on any atom is 0.251 e. The van der Waals surface area contributed by atoms with Crippen LogP contribution >= 0.6 is 0 Å². The van der Waals surface area contributed by atoms with Gasteiger partial charge in [0.15, 0.2) is 0 Å². The van der Waals surface area contributed by atoms with Crippen LogP contribution in [-0.2, 0) is 6.42 Å². The Morgan fingerprint density at radius 2 is 2.05 bits per heavy atom. The number of anilines is 1. The standard InChI is InChI=1S/C15H26N4O/c1-6-12-7-11(8-13(16)18-12)14(20)17-9-15(2,3)10-19(4)5/h7-8H,6,9-10H2,1-5H3,(H2,16,18)(H,17,20). The van der Waals surface area contributed by atoms with Gasteiger partial charge in [0, 0.05) is 24.3 Å². The van der Waals surface area contributed by atoms with E-state index in [4.69, 9.17) is 5.73 Å². The van der Waals surface area contributed by atoms with E-state index in [0.717, 1.165) is 18.7 Å². The lowest BCUT2D eigenvalue weighted by Crippen LogP contribution is -2.40. The fraction of sp³-hybridized carbons (Fsp3) is 0.600. The minimum absolute atomic E-state index is 0.0192. The van der Waals surface area contributed by atoms with Gasteiger partial charge in [-0.2, -0.15) is 0 Å². The summed E-state index contributed by atoms with van der Waals surface area (Å²) < 4.78 is 0. The molecule has 1 heterocycles. The number of aromatic nitrogens is 1. The van der Waals surface area contributed by atoms with Gasteiger partial charge in [0.2, 0.25) is 0 Å². The zero-order valence-corrected chi connectivity index (χ0v) is 13.2. The molecule has 0 saturated carbocycles. The van der Waals surface area contributed by atoms with Crippen LogP contribution in [0.3, 0.4) is 0 Å². The first-order valence-electron chi connectivity index (χ1n) is 6.93. The monoisotopic (exact) mass is 278 g/mol. The molecule has 0 aliphatic rings. The Morgan fingerprint density at radius 1 is 1.40 bits per heavy atom. The van der Waals surface area contributed by atoms with Crippen LogP contribution in [0, 0.1) is 5.41 Å². The molecule has 0 aliphatic heterocycles. The number of rotatable bonds is 6. The second kappa shape index (κ2) is 6.70. The maximum absolute atomic E-state index is 12.2. The molecule has 0 aliphatic carbocycles. The van der Waals surface area contributed by atoms with Crippen molar-refractivity contribution in [1.82, 2.24) is 15.2 Å². The molecule has 5 nitrogen and oxygen atoms in total. The van der Waals surface area contributed by atoms with Crippen LogP contribution in [0.2, 0.25) is 0 Å². The highest BCUT2D eigenvalue weighted by Gasteiger charge is 2.20. The van der Waals surface area contributed by atoms with Crippen LogP contribution in [0.1, 0.15) is 36.8 Å². The van der Waals surface area contributed by atoms with E-state index in [9.17, 15) is 4.79 Å². The first-order valence-corrected chi connectivity index (χ1v) is 6.93. The number of carbonyl (C=O) groups is 1. The Morgan fingerprint density at radius 3 is 2.60 bits per heavy atom. The van der Waals surface area contributed by atoms with E-state index in [1.165, 1.54) is 0 Å². The first kappa shape index (κ1) is 16.4. The number of hydrogen-bond donors (Lipinski definition) is 2. The van der Waals surface area contributed by atoms with Crippen LogP contribution < -0.4 is 11.1 Å². The number of nitrogens with one attached hydrogen (secondary N) is 1. The van der Waals surface area contributed by atoms with Crippen molar-refractivity contribution in [3.8, 4) is 0 Å². The highest BCUT2D eigenvalue weighted by Crippen LogP contribution is 2.15. The Kier molecular flexibility index (Phi) is 5.51. The average Bonchev–Trinajstić information content (AvgIpc) is 2.33. The average molecular weight is 278 g/mol. The van der Waals surface area contributed by atoms with E-state index in [2.05, 4.69) is 29.0 Å². The lowest BCUT2D eigenvalue weighted by molar-refractivity contribution is 0.0929. The topological polar surface area (TPSA) is 71.2 Å². The molecule has 1 amide bonds. The van der Waals surface area contributed by atoms with Crippen molar-refractivity contribution in [1.29, 1.82) is 0 Å². The summed E-state index contributed by atoms with van der Waals surface area (Å²) in [5.74, 6) is 0.294. The van der Waals surface area contributed by atoms with E-state index in [1.54, 1.807) is 12.1 Å². The minimum atomic E-state index is -0.0966. The SMILES string of the molecule is CCc1cc(C(=O)NCC(C)(C)CN(C)C)cc(N)n1. The van der Waals surface area contributed by atoms with Crippen LogP contribution in [-0.4, -0.2) is 43.0 Å². The Labute approximate surface area is 121 Å². The molecule has 1 rings (SSSR count). The van der Waals surface area contributed by atoms with Crippen molar-refractivity contribution in [2.24, 2.45) is 5.41 Å². The van der Waals surface area contributed by atoms with Gasteiger partial charge in [-0.1, -0.05) is 20.8 Å². The molecule has 0 spiro atoms. The van der Waals surface area contributed by atoms with Crippen molar-refractivity contribution in [3.05, 3.63) is 23.4 Å². The number of nitrogens with two attached hydrogens (primary N) is 1. The van der Waals surface area contributed by atoms with Gasteiger partial charge in [0.05, 0.1) is 0 Å².